The number of aromatic nitrogens is 2. The number of carbonyl (C=O) groups excluding carboxylic acids is 2. The van der Waals surface area contributed by atoms with Crippen molar-refractivity contribution in [3.8, 4) is 11.5 Å². The van der Waals surface area contributed by atoms with Gasteiger partial charge in [0.25, 0.3) is 5.78 Å². The zero-order chi connectivity index (χ0) is 24.1. The molecule has 3 heterocycles. The van der Waals surface area contributed by atoms with E-state index in [0.29, 0.717) is 41.3 Å². The second-order valence-corrected chi connectivity index (χ2v) is 8.16. The SMILES string of the molecule is O=C1C(=O)N(c2nc3ccccc3[nH]2)C(c2ccc(F)cc2)/C1=C(\O)c1ccc2c(c1)OCCO2. The fraction of sp³-hybridized carbons (Fsp3) is 0.115. The zero-order valence-corrected chi connectivity index (χ0v) is 18.2. The molecule has 2 aliphatic rings. The van der Waals surface area contributed by atoms with E-state index in [1.54, 1.807) is 36.4 Å². The van der Waals surface area contributed by atoms with Crippen molar-refractivity contribution in [1.29, 1.82) is 0 Å². The van der Waals surface area contributed by atoms with Crippen molar-refractivity contribution in [1.82, 2.24) is 9.97 Å². The van der Waals surface area contributed by atoms with Gasteiger partial charge in [-0.05, 0) is 48.0 Å². The number of hydrogen-bond donors (Lipinski definition) is 2. The number of para-hydroxylation sites is 2. The fourth-order valence-corrected chi connectivity index (χ4v) is 4.41. The predicted molar refractivity (Wildman–Crippen MR) is 125 cm³/mol. The van der Waals surface area contributed by atoms with Crippen LogP contribution in [0.15, 0.2) is 72.3 Å². The first-order valence-corrected chi connectivity index (χ1v) is 10.9. The van der Waals surface area contributed by atoms with Crippen molar-refractivity contribution in [3.63, 3.8) is 0 Å². The van der Waals surface area contributed by atoms with Crippen molar-refractivity contribution in [2.45, 2.75) is 6.04 Å². The number of aromatic amines is 1. The number of Topliss-reactive ketones (excluding diaryl/α,β-unsaturated/α-hetero) is 1. The number of ketones is 1. The molecule has 1 fully saturated rings. The summed E-state index contributed by atoms with van der Waals surface area (Å²) in [7, 11) is 0. The lowest BCUT2D eigenvalue weighted by atomic mass is 9.95. The van der Waals surface area contributed by atoms with Gasteiger partial charge in [-0.2, -0.15) is 0 Å². The van der Waals surface area contributed by atoms with E-state index in [2.05, 4.69) is 9.97 Å². The van der Waals surface area contributed by atoms with Crippen LogP contribution < -0.4 is 14.4 Å². The first-order chi connectivity index (χ1) is 17.0. The molecule has 2 aliphatic heterocycles. The van der Waals surface area contributed by atoms with Crippen molar-refractivity contribution in [2.75, 3.05) is 18.1 Å². The lowest BCUT2D eigenvalue weighted by Gasteiger charge is -2.23. The van der Waals surface area contributed by atoms with E-state index in [9.17, 15) is 19.1 Å². The highest BCUT2D eigenvalue weighted by atomic mass is 19.1. The van der Waals surface area contributed by atoms with Crippen LogP contribution in [0.5, 0.6) is 11.5 Å². The molecule has 0 spiro atoms. The Labute approximate surface area is 198 Å². The molecule has 1 saturated heterocycles. The Morgan fingerprint density at radius 2 is 1.74 bits per heavy atom. The maximum atomic E-state index is 13.7. The summed E-state index contributed by atoms with van der Waals surface area (Å²) < 4.78 is 24.8. The van der Waals surface area contributed by atoms with E-state index in [4.69, 9.17) is 9.47 Å². The summed E-state index contributed by atoms with van der Waals surface area (Å²) in [6, 6.07) is 16.3. The molecule has 3 aromatic carbocycles. The molecule has 35 heavy (non-hydrogen) atoms. The number of hydrogen-bond acceptors (Lipinski definition) is 6. The first-order valence-electron chi connectivity index (χ1n) is 10.9. The second kappa shape index (κ2) is 7.98. The summed E-state index contributed by atoms with van der Waals surface area (Å²) in [6.45, 7) is 0.759. The predicted octanol–water partition coefficient (Wildman–Crippen LogP) is 4.10. The molecule has 1 unspecified atom stereocenters. The molecular formula is C26H18FN3O5. The molecule has 9 heteroatoms. The number of fused-ring (bicyclic) bond motifs is 2. The third-order valence-electron chi connectivity index (χ3n) is 6.05. The summed E-state index contributed by atoms with van der Waals surface area (Å²) >= 11 is 0. The van der Waals surface area contributed by atoms with Gasteiger partial charge in [-0.25, -0.2) is 9.37 Å². The monoisotopic (exact) mass is 471 g/mol. The topological polar surface area (TPSA) is 105 Å². The number of aliphatic hydroxyl groups is 1. The summed E-state index contributed by atoms with van der Waals surface area (Å²) in [4.78, 5) is 35.3. The first kappa shape index (κ1) is 20.9. The van der Waals surface area contributed by atoms with Crippen LogP contribution in [-0.2, 0) is 9.59 Å². The highest BCUT2D eigenvalue weighted by molar-refractivity contribution is 6.51. The molecule has 1 amide bonds. The number of carbonyl (C=O) groups is 2. The van der Waals surface area contributed by atoms with Crippen LogP contribution in [-0.4, -0.2) is 40.0 Å². The summed E-state index contributed by atoms with van der Waals surface area (Å²) in [5.41, 5.74) is 1.86. The largest absolute Gasteiger partial charge is 0.507 e. The highest BCUT2D eigenvalue weighted by Crippen LogP contribution is 2.42. The molecule has 0 saturated carbocycles. The van der Waals surface area contributed by atoms with Crippen LogP contribution >= 0.6 is 0 Å². The van der Waals surface area contributed by atoms with Crippen molar-refractivity contribution < 1.29 is 28.6 Å². The van der Waals surface area contributed by atoms with E-state index in [1.807, 2.05) is 6.07 Å². The number of halogens is 1. The van der Waals surface area contributed by atoms with Gasteiger partial charge in [0.05, 0.1) is 22.6 Å². The van der Waals surface area contributed by atoms with Gasteiger partial charge in [0.15, 0.2) is 11.5 Å². The standard InChI is InChI=1S/C26H18FN3O5/c27-16-8-5-14(6-9-16)22-21(23(31)15-7-10-19-20(13-15)35-12-11-34-19)24(32)25(33)30(22)26-28-17-3-1-2-4-18(17)29-26/h1-10,13,22,31H,11-12H2,(H,28,29)/b23-21+. The molecule has 0 bridgehead atoms. The maximum Gasteiger partial charge on any atom is 0.302 e. The number of aliphatic hydroxyl groups excluding tert-OH is 1. The van der Waals surface area contributed by atoms with E-state index in [1.165, 1.54) is 29.2 Å². The Kier molecular flexibility index (Phi) is 4.77. The zero-order valence-electron chi connectivity index (χ0n) is 18.2. The van der Waals surface area contributed by atoms with Crippen LogP contribution in [0.1, 0.15) is 17.2 Å². The molecular weight excluding hydrogens is 453 g/mol. The second-order valence-electron chi connectivity index (χ2n) is 8.16. The number of rotatable bonds is 3. The molecule has 174 valence electrons. The normalized spacial score (nSPS) is 18.9. The molecule has 0 aliphatic carbocycles. The van der Waals surface area contributed by atoms with Crippen molar-refractivity contribution >= 4 is 34.4 Å². The Hall–Kier alpha value is -4.66. The summed E-state index contributed by atoms with van der Waals surface area (Å²) in [6.07, 6.45) is 0. The van der Waals surface area contributed by atoms with Gasteiger partial charge in [0, 0.05) is 5.56 Å². The lowest BCUT2D eigenvalue weighted by molar-refractivity contribution is -0.132. The average molecular weight is 471 g/mol. The van der Waals surface area contributed by atoms with Crippen LogP contribution in [0.3, 0.4) is 0 Å². The Bertz CT molecular complexity index is 1490. The van der Waals surface area contributed by atoms with Crippen molar-refractivity contribution in [2.24, 2.45) is 0 Å². The van der Waals surface area contributed by atoms with E-state index in [-0.39, 0.29) is 22.8 Å². The van der Waals surface area contributed by atoms with Crippen LogP contribution in [0.4, 0.5) is 10.3 Å². The van der Waals surface area contributed by atoms with E-state index < -0.39 is 23.5 Å². The maximum absolute atomic E-state index is 13.7. The minimum Gasteiger partial charge on any atom is -0.507 e. The number of amides is 1. The van der Waals surface area contributed by atoms with Gasteiger partial charge < -0.3 is 19.6 Å². The highest BCUT2D eigenvalue weighted by Gasteiger charge is 2.48. The minimum absolute atomic E-state index is 0.140. The number of H-pyrrole nitrogens is 1. The summed E-state index contributed by atoms with van der Waals surface area (Å²) in [5, 5.41) is 11.3. The van der Waals surface area contributed by atoms with Gasteiger partial charge in [-0.3, -0.25) is 14.5 Å². The van der Waals surface area contributed by atoms with Gasteiger partial charge in [-0.15, -0.1) is 0 Å². The average Bonchev–Trinajstić information content (AvgIpc) is 3.42. The van der Waals surface area contributed by atoms with Gasteiger partial charge in [0.2, 0.25) is 5.95 Å². The molecule has 4 aromatic rings. The molecule has 8 nitrogen and oxygen atoms in total. The van der Waals surface area contributed by atoms with Crippen LogP contribution in [0.2, 0.25) is 0 Å². The number of nitrogens with one attached hydrogen (secondary N) is 1. The van der Waals surface area contributed by atoms with Gasteiger partial charge in [-0.1, -0.05) is 24.3 Å². The smallest absolute Gasteiger partial charge is 0.302 e. The Morgan fingerprint density at radius 1 is 1.00 bits per heavy atom. The number of ether oxygens (including phenoxy) is 2. The molecule has 2 N–H and O–H groups in total. The third kappa shape index (κ3) is 3.40. The molecule has 6 rings (SSSR count). The quantitative estimate of drug-likeness (QED) is 0.265. The Morgan fingerprint density at radius 3 is 2.51 bits per heavy atom. The number of imidazole rings is 1. The molecule has 1 atom stereocenters. The Balaban J connectivity index is 1.54. The minimum atomic E-state index is -1.04. The van der Waals surface area contributed by atoms with Gasteiger partial charge >= 0.3 is 5.91 Å². The number of nitrogens with zero attached hydrogens (tertiary/aromatic N) is 2. The number of anilines is 1. The fourth-order valence-electron chi connectivity index (χ4n) is 4.41. The molecule has 1 aromatic heterocycles. The van der Waals surface area contributed by atoms with Crippen LogP contribution in [0.25, 0.3) is 16.8 Å². The van der Waals surface area contributed by atoms with Crippen LogP contribution in [0, 0.1) is 5.82 Å². The van der Waals surface area contributed by atoms with E-state index in [0.717, 1.165) is 0 Å². The van der Waals surface area contributed by atoms with Crippen molar-refractivity contribution in [3.05, 3.63) is 89.2 Å². The summed E-state index contributed by atoms with van der Waals surface area (Å²) in [5.74, 6) is -1.52. The third-order valence-corrected chi connectivity index (χ3v) is 6.05. The van der Waals surface area contributed by atoms with E-state index >= 15 is 0 Å². The lowest BCUT2D eigenvalue weighted by Crippen LogP contribution is -2.30. The molecule has 0 radical (unpaired) electrons. The van der Waals surface area contributed by atoms with Gasteiger partial charge in [0.1, 0.15) is 24.8 Å². The number of benzene rings is 3.